The molecule has 4 unspecified atom stereocenters. The lowest BCUT2D eigenvalue weighted by molar-refractivity contribution is -0.0131. The second kappa shape index (κ2) is 9.12. The average molecular weight is 299 g/mol. The lowest BCUT2D eigenvalue weighted by Crippen LogP contribution is -2.56. The van der Waals surface area contributed by atoms with Gasteiger partial charge in [0.05, 0.1) is 12.2 Å². The molecule has 0 N–H and O–H groups in total. The van der Waals surface area contributed by atoms with Gasteiger partial charge in [-0.25, -0.2) is 0 Å². The molecule has 1 rings (SSSR count). The first-order chi connectivity index (χ1) is 9.87. The van der Waals surface area contributed by atoms with Crippen molar-refractivity contribution in [1.82, 2.24) is 9.80 Å². The zero-order chi connectivity index (χ0) is 16.0. The van der Waals surface area contributed by atoms with Crippen LogP contribution in [-0.2, 0) is 4.74 Å². The molecule has 1 fully saturated rings. The van der Waals surface area contributed by atoms with Gasteiger partial charge < -0.3 is 4.74 Å². The summed E-state index contributed by atoms with van der Waals surface area (Å²) in [6.45, 7) is 20.8. The molecular weight excluding hydrogens is 260 g/mol. The molecule has 0 bridgehead atoms. The summed E-state index contributed by atoms with van der Waals surface area (Å²) in [5, 5.41) is 0. The van der Waals surface area contributed by atoms with Gasteiger partial charge in [-0.15, -0.1) is 0 Å². The van der Waals surface area contributed by atoms with E-state index in [2.05, 4.69) is 58.3 Å². The quantitative estimate of drug-likeness (QED) is 0.680. The molecule has 3 nitrogen and oxygen atoms in total. The van der Waals surface area contributed by atoms with E-state index in [4.69, 9.17) is 4.74 Å². The van der Waals surface area contributed by atoms with Crippen LogP contribution in [0.1, 0.15) is 61.3 Å². The van der Waals surface area contributed by atoms with E-state index >= 15 is 0 Å². The average Bonchev–Trinajstić information content (AvgIpc) is 2.41. The molecule has 21 heavy (non-hydrogen) atoms. The van der Waals surface area contributed by atoms with Crippen molar-refractivity contribution in [2.45, 2.75) is 85.6 Å². The van der Waals surface area contributed by atoms with Gasteiger partial charge in [0.25, 0.3) is 0 Å². The van der Waals surface area contributed by atoms with Crippen LogP contribution in [-0.4, -0.2) is 60.3 Å². The molecule has 1 aliphatic heterocycles. The van der Waals surface area contributed by atoms with E-state index in [-0.39, 0.29) is 0 Å². The summed E-state index contributed by atoms with van der Waals surface area (Å²) in [5.41, 5.74) is 0. The third-order valence-corrected chi connectivity index (χ3v) is 4.97. The molecule has 0 radical (unpaired) electrons. The van der Waals surface area contributed by atoms with E-state index in [0.717, 1.165) is 6.42 Å². The smallest absolute Gasteiger partial charge is 0.0553 e. The largest absolute Gasteiger partial charge is 0.376 e. The second-order valence-electron chi connectivity index (χ2n) is 7.25. The summed E-state index contributed by atoms with van der Waals surface area (Å²) < 4.78 is 6.01. The van der Waals surface area contributed by atoms with Crippen LogP contribution in [0.25, 0.3) is 0 Å². The van der Waals surface area contributed by atoms with Gasteiger partial charge >= 0.3 is 0 Å². The molecule has 1 saturated heterocycles. The minimum atomic E-state index is 0.375. The highest BCUT2D eigenvalue weighted by Gasteiger charge is 2.28. The van der Waals surface area contributed by atoms with E-state index in [0.29, 0.717) is 30.2 Å². The minimum absolute atomic E-state index is 0.375. The molecule has 1 aliphatic rings. The van der Waals surface area contributed by atoms with E-state index in [9.17, 15) is 0 Å². The van der Waals surface area contributed by atoms with Gasteiger partial charge in [0.15, 0.2) is 0 Å². The van der Waals surface area contributed by atoms with Crippen molar-refractivity contribution in [1.29, 1.82) is 0 Å². The fourth-order valence-electron chi connectivity index (χ4n) is 3.55. The molecule has 0 aromatic rings. The zero-order valence-corrected chi connectivity index (χ0v) is 15.4. The molecule has 0 spiro atoms. The number of hydrogen-bond donors (Lipinski definition) is 0. The van der Waals surface area contributed by atoms with E-state index in [1.807, 2.05) is 0 Å². The second-order valence-corrected chi connectivity index (χ2v) is 7.25. The van der Waals surface area contributed by atoms with Crippen molar-refractivity contribution in [2.24, 2.45) is 5.92 Å². The number of hydrogen-bond acceptors (Lipinski definition) is 3. The third-order valence-electron chi connectivity index (χ3n) is 4.97. The Labute approximate surface area is 133 Å². The molecule has 0 aliphatic carbocycles. The first kappa shape index (κ1) is 18.9. The third kappa shape index (κ3) is 6.25. The van der Waals surface area contributed by atoms with Gasteiger partial charge in [-0.1, -0.05) is 20.8 Å². The highest BCUT2D eigenvalue weighted by atomic mass is 16.5. The van der Waals surface area contributed by atoms with Crippen LogP contribution in [0.15, 0.2) is 0 Å². The van der Waals surface area contributed by atoms with Crippen molar-refractivity contribution in [3.63, 3.8) is 0 Å². The summed E-state index contributed by atoms with van der Waals surface area (Å²) in [7, 11) is 0. The summed E-state index contributed by atoms with van der Waals surface area (Å²) >= 11 is 0. The first-order valence-corrected chi connectivity index (χ1v) is 9.00. The Balaban J connectivity index is 2.38. The van der Waals surface area contributed by atoms with Crippen LogP contribution < -0.4 is 0 Å². The van der Waals surface area contributed by atoms with Crippen LogP contribution in [0.4, 0.5) is 0 Å². The predicted molar refractivity (Wildman–Crippen MR) is 91.8 cm³/mol. The Morgan fingerprint density at radius 2 is 1.52 bits per heavy atom. The molecular formula is C18H38N2O. The molecule has 5 atom stereocenters. The van der Waals surface area contributed by atoms with Crippen LogP contribution >= 0.6 is 0 Å². The van der Waals surface area contributed by atoms with Gasteiger partial charge in [-0.3, -0.25) is 9.80 Å². The number of piperazine rings is 1. The monoisotopic (exact) mass is 298 g/mol. The van der Waals surface area contributed by atoms with Crippen molar-refractivity contribution in [2.75, 3.05) is 26.2 Å². The Hall–Kier alpha value is -0.120. The van der Waals surface area contributed by atoms with Crippen molar-refractivity contribution in [3.05, 3.63) is 0 Å². The van der Waals surface area contributed by atoms with Gasteiger partial charge in [0, 0.05) is 31.7 Å². The lowest BCUT2D eigenvalue weighted by Gasteiger charge is -2.44. The van der Waals surface area contributed by atoms with E-state index in [1.54, 1.807) is 0 Å². The molecule has 3 heteroatoms. The highest BCUT2D eigenvalue weighted by molar-refractivity contribution is 4.84. The fraction of sp³-hybridized carbons (Fsp3) is 1.00. The minimum Gasteiger partial charge on any atom is -0.376 e. The number of ether oxygens (including phenoxy) is 1. The summed E-state index contributed by atoms with van der Waals surface area (Å²) in [6.07, 6.45) is 3.03. The maximum absolute atomic E-state index is 6.01. The van der Waals surface area contributed by atoms with Crippen LogP contribution in [0, 0.1) is 5.92 Å². The SMILES string of the molecule is CCC(C)OC(C)C[C@H](C)CN1CC(C)N(CC)CC1C. The zero-order valence-electron chi connectivity index (χ0n) is 15.4. The van der Waals surface area contributed by atoms with Gasteiger partial charge in [0.2, 0.25) is 0 Å². The van der Waals surface area contributed by atoms with Gasteiger partial charge in [-0.2, -0.15) is 0 Å². The van der Waals surface area contributed by atoms with Gasteiger partial charge in [-0.05, 0) is 53.0 Å². The Morgan fingerprint density at radius 1 is 0.952 bits per heavy atom. The Morgan fingerprint density at radius 3 is 2.10 bits per heavy atom. The van der Waals surface area contributed by atoms with Crippen molar-refractivity contribution < 1.29 is 4.74 Å². The maximum atomic E-state index is 6.01. The maximum Gasteiger partial charge on any atom is 0.0553 e. The normalized spacial score (nSPS) is 29.3. The first-order valence-electron chi connectivity index (χ1n) is 9.00. The fourth-order valence-corrected chi connectivity index (χ4v) is 3.55. The molecule has 0 saturated carbocycles. The molecule has 0 aromatic heterocycles. The predicted octanol–water partition coefficient (Wildman–Crippen LogP) is 3.63. The summed E-state index contributed by atoms with van der Waals surface area (Å²) in [4.78, 5) is 5.28. The summed E-state index contributed by atoms with van der Waals surface area (Å²) in [6, 6.07) is 1.36. The topological polar surface area (TPSA) is 15.7 Å². The van der Waals surface area contributed by atoms with Crippen LogP contribution in [0.3, 0.4) is 0 Å². The number of rotatable bonds is 8. The van der Waals surface area contributed by atoms with Crippen molar-refractivity contribution in [3.8, 4) is 0 Å². The lowest BCUT2D eigenvalue weighted by atomic mass is 10.0. The van der Waals surface area contributed by atoms with E-state index < -0.39 is 0 Å². The van der Waals surface area contributed by atoms with Crippen LogP contribution in [0.2, 0.25) is 0 Å². The standard InChI is InChI=1S/C18H38N2O/c1-8-17(6)21-18(7)10-14(3)11-20-13-15(4)19(9-2)12-16(20)5/h14-18H,8-13H2,1-7H3/t14-,15?,16?,17?,18?/m0/s1. The Bertz CT molecular complexity index is 284. The van der Waals surface area contributed by atoms with Gasteiger partial charge in [0.1, 0.15) is 0 Å². The van der Waals surface area contributed by atoms with Crippen molar-refractivity contribution >= 4 is 0 Å². The Kier molecular flexibility index (Phi) is 8.22. The van der Waals surface area contributed by atoms with E-state index in [1.165, 1.54) is 32.6 Å². The molecule has 1 heterocycles. The molecule has 0 amide bonds. The molecule has 0 aromatic carbocycles. The van der Waals surface area contributed by atoms with Crippen LogP contribution in [0.5, 0.6) is 0 Å². The number of nitrogens with zero attached hydrogens (tertiary/aromatic N) is 2. The highest BCUT2D eigenvalue weighted by Crippen LogP contribution is 2.19. The number of likely N-dealkylation sites (N-methyl/N-ethyl adjacent to an activating group) is 1. The summed E-state index contributed by atoms with van der Waals surface area (Å²) in [5.74, 6) is 0.701. The molecule has 126 valence electrons.